The Bertz CT molecular complexity index is 585. The van der Waals surface area contributed by atoms with E-state index in [1.165, 1.54) is 0 Å². The van der Waals surface area contributed by atoms with Crippen molar-refractivity contribution in [3.05, 3.63) is 41.6 Å². The summed E-state index contributed by atoms with van der Waals surface area (Å²) in [6, 6.07) is 5.05. The number of ketones is 1. The van der Waals surface area contributed by atoms with E-state index >= 15 is 0 Å². The zero-order valence-corrected chi connectivity index (χ0v) is 10.1. The van der Waals surface area contributed by atoms with Crippen LogP contribution in [0.5, 0.6) is 0 Å². The van der Waals surface area contributed by atoms with Crippen molar-refractivity contribution in [1.82, 2.24) is 0 Å². The number of Topliss-reactive ketones (excluding diaryl/α,β-unsaturated/α-hetero) is 1. The van der Waals surface area contributed by atoms with Gasteiger partial charge in [0.25, 0.3) is 0 Å². The number of rotatable bonds is 2. The minimum atomic E-state index is 0.112. The number of hydrogen-bond acceptors (Lipinski definition) is 5. The third-order valence-electron chi connectivity index (χ3n) is 2.63. The van der Waals surface area contributed by atoms with E-state index in [4.69, 9.17) is 11.5 Å². The van der Waals surface area contributed by atoms with Crippen molar-refractivity contribution in [2.45, 2.75) is 13.3 Å². The van der Waals surface area contributed by atoms with Crippen molar-refractivity contribution in [3.63, 3.8) is 0 Å². The van der Waals surface area contributed by atoms with Crippen molar-refractivity contribution < 1.29 is 4.79 Å². The Morgan fingerprint density at radius 2 is 2.00 bits per heavy atom. The Balaban J connectivity index is 2.19. The number of nitrogen functional groups attached to an aromatic ring is 2. The largest absolute Gasteiger partial charge is 0.399 e. The summed E-state index contributed by atoms with van der Waals surface area (Å²) in [5.41, 5.74) is 14.3. The molecule has 0 spiro atoms. The first kappa shape index (κ1) is 12.0. The summed E-state index contributed by atoms with van der Waals surface area (Å²) >= 11 is 0. The van der Waals surface area contributed by atoms with Gasteiger partial charge >= 0.3 is 0 Å². The fourth-order valence-corrected chi connectivity index (χ4v) is 1.56. The Morgan fingerprint density at radius 3 is 2.67 bits per heavy atom. The maximum Gasteiger partial charge on any atom is 0.162 e. The summed E-state index contributed by atoms with van der Waals surface area (Å²) in [5, 5.41) is 8.12. The summed E-state index contributed by atoms with van der Waals surface area (Å²) in [7, 11) is 0. The number of carbonyl (C=O) groups excluding carboxylic acids is 1. The van der Waals surface area contributed by atoms with Gasteiger partial charge < -0.3 is 11.5 Å². The number of benzene rings is 1. The molecule has 0 amide bonds. The van der Waals surface area contributed by atoms with Gasteiger partial charge in [-0.3, -0.25) is 4.79 Å². The molecular formula is C13H14N4O. The van der Waals surface area contributed by atoms with E-state index in [0.29, 0.717) is 34.8 Å². The predicted octanol–water partition coefficient (Wildman–Crippen LogP) is 2.74. The van der Waals surface area contributed by atoms with Crippen molar-refractivity contribution in [1.29, 1.82) is 0 Å². The highest BCUT2D eigenvalue weighted by atomic mass is 16.1. The van der Waals surface area contributed by atoms with Crippen LogP contribution in [0.2, 0.25) is 0 Å². The van der Waals surface area contributed by atoms with E-state index in [9.17, 15) is 4.79 Å². The van der Waals surface area contributed by atoms with Crippen molar-refractivity contribution in [3.8, 4) is 0 Å². The summed E-state index contributed by atoms with van der Waals surface area (Å²) in [6.07, 6.45) is 3.82. The smallest absolute Gasteiger partial charge is 0.162 e. The molecule has 1 aromatic rings. The van der Waals surface area contributed by atoms with Gasteiger partial charge in [0, 0.05) is 12.1 Å². The summed E-state index contributed by atoms with van der Waals surface area (Å²) < 4.78 is 0. The third kappa shape index (κ3) is 2.63. The summed E-state index contributed by atoms with van der Waals surface area (Å²) in [6.45, 7) is 1.77. The monoisotopic (exact) mass is 242 g/mol. The molecule has 18 heavy (non-hydrogen) atoms. The Kier molecular flexibility index (Phi) is 3.23. The van der Waals surface area contributed by atoms with Gasteiger partial charge in [0.2, 0.25) is 0 Å². The molecule has 5 nitrogen and oxygen atoms in total. The first-order valence-corrected chi connectivity index (χ1v) is 5.54. The van der Waals surface area contributed by atoms with E-state index in [0.717, 1.165) is 0 Å². The number of allylic oxidation sites excluding steroid dienone is 3. The molecule has 0 fully saturated rings. The fraction of sp³-hybridized carbons (Fsp3) is 0.154. The van der Waals surface area contributed by atoms with Gasteiger partial charge in [0.05, 0.1) is 11.4 Å². The minimum absolute atomic E-state index is 0.112. The molecule has 1 aliphatic carbocycles. The fourth-order valence-electron chi connectivity index (χ4n) is 1.56. The molecule has 0 radical (unpaired) electrons. The van der Waals surface area contributed by atoms with E-state index in [2.05, 4.69) is 10.2 Å². The molecule has 1 aliphatic rings. The molecule has 5 heteroatoms. The van der Waals surface area contributed by atoms with E-state index < -0.39 is 0 Å². The van der Waals surface area contributed by atoms with Crippen LogP contribution in [0.3, 0.4) is 0 Å². The molecule has 4 N–H and O–H groups in total. The molecule has 0 aromatic heterocycles. The topological polar surface area (TPSA) is 93.8 Å². The number of azo groups is 1. The second-order valence-electron chi connectivity index (χ2n) is 4.10. The van der Waals surface area contributed by atoms with Crippen LogP contribution in [0.15, 0.2) is 51.8 Å². The average Bonchev–Trinajstić information content (AvgIpc) is 2.32. The van der Waals surface area contributed by atoms with Gasteiger partial charge in [0.1, 0.15) is 5.69 Å². The highest BCUT2D eigenvalue weighted by Gasteiger charge is 2.09. The van der Waals surface area contributed by atoms with Crippen LogP contribution in [0, 0.1) is 0 Å². The van der Waals surface area contributed by atoms with Crippen LogP contribution >= 0.6 is 0 Å². The molecule has 0 saturated heterocycles. The number of nitrogens with two attached hydrogens (primary N) is 2. The number of anilines is 2. The normalized spacial score (nSPS) is 15.7. The maximum absolute atomic E-state index is 11.3. The molecular weight excluding hydrogens is 228 g/mol. The molecule has 0 bridgehead atoms. The lowest BCUT2D eigenvalue weighted by atomic mass is 10.0. The van der Waals surface area contributed by atoms with Gasteiger partial charge in [-0.2, -0.15) is 5.11 Å². The average molecular weight is 242 g/mol. The molecule has 0 atom stereocenters. The van der Waals surface area contributed by atoms with Crippen LogP contribution in [-0.4, -0.2) is 5.78 Å². The van der Waals surface area contributed by atoms with Crippen LogP contribution < -0.4 is 11.5 Å². The van der Waals surface area contributed by atoms with Gasteiger partial charge in [-0.1, -0.05) is 0 Å². The molecule has 0 saturated carbocycles. The lowest BCUT2D eigenvalue weighted by Gasteiger charge is -2.05. The standard InChI is InChI=1S/C13H14N4O/c1-8-6-10(3-5-13(8)18)16-17-12-4-2-9(14)7-11(12)15/h2-4,6-7H,5,14-15H2,1H3. The van der Waals surface area contributed by atoms with Crippen molar-refractivity contribution in [2.24, 2.45) is 10.2 Å². The summed E-state index contributed by atoms with van der Waals surface area (Å²) in [5.74, 6) is 0.112. The number of nitrogens with zero attached hydrogens (tertiary/aromatic N) is 2. The first-order chi connectivity index (χ1) is 8.56. The second-order valence-corrected chi connectivity index (χ2v) is 4.10. The lowest BCUT2D eigenvalue weighted by Crippen LogP contribution is -2.02. The zero-order chi connectivity index (χ0) is 13.1. The highest BCUT2D eigenvalue weighted by Crippen LogP contribution is 2.25. The molecule has 0 heterocycles. The van der Waals surface area contributed by atoms with Crippen LogP contribution in [0.4, 0.5) is 17.1 Å². The van der Waals surface area contributed by atoms with Crippen LogP contribution in [0.1, 0.15) is 13.3 Å². The SMILES string of the molecule is CC1=CC(N=Nc2ccc(N)cc2N)=CCC1=O. The van der Waals surface area contributed by atoms with E-state index in [1.54, 1.807) is 37.3 Å². The second kappa shape index (κ2) is 4.83. The van der Waals surface area contributed by atoms with Crippen LogP contribution in [0.25, 0.3) is 0 Å². The van der Waals surface area contributed by atoms with E-state index in [-0.39, 0.29) is 5.78 Å². The maximum atomic E-state index is 11.3. The summed E-state index contributed by atoms with van der Waals surface area (Å²) in [4.78, 5) is 11.3. The first-order valence-electron chi connectivity index (χ1n) is 5.54. The van der Waals surface area contributed by atoms with Gasteiger partial charge in [0.15, 0.2) is 5.78 Å². The zero-order valence-electron chi connectivity index (χ0n) is 10.1. The molecule has 2 rings (SSSR count). The molecule has 1 aromatic carbocycles. The quantitative estimate of drug-likeness (QED) is 0.616. The van der Waals surface area contributed by atoms with Crippen LogP contribution in [-0.2, 0) is 4.79 Å². The Hall–Kier alpha value is -2.43. The number of carbonyl (C=O) groups is 1. The lowest BCUT2D eigenvalue weighted by molar-refractivity contribution is -0.114. The molecule has 0 aliphatic heterocycles. The Morgan fingerprint density at radius 1 is 1.22 bits per heavy atom. The van der Waals surface area contributed by atoms with Gasteiger partial charge in [-0.15, -0.1) is 5.11 Å². The van der Waals surface area contributed by atoms with Crippen molar-refractivity contribution in [2.75, 3.05) is 11.5 Å². The molecule has 0 unspecified atom stereocenters. The third-order valence-corrected chi connectivity index (χ3v) is 2.63. The van der Waals surface area contributed by atoms with E-state index in [1.807, 2.05) is 0 Å². The van der Waals surface area contributed by atoms with Crippen molar-refractivity contribution >= 4 is 22.8 Å². The molecule has 92 valence electrons. The number of hydrogen-bond donors (Lipinski definition) is 2. The van der Waals surface area contributed by atoms with Gasteiger partial charge in [-0.05, 0) is 42.8 Å². The Labute approximate surface area is 105 Å². The highest BCUT2D eigenvalue weighted by molar-refractivity contribution is 5.97. The predicted molar refractivity (Wildman–Crippen MR) is 71.2 cm³/mol. The minimum Gasteiger partial charge on any atom is -0.399 e. The van der Waals surface area contributed by atoms with Gasteiger partial charge in [-0.25, -0.2) is 0 Å².